The van der Waals surface area contributed by atoms with Crippen LogP contribution in [0.15, 0.2) is 45.7 Å². The van der Waals surface area contributed by atoms with Gasteiger partial charge in [0.2, 0.25) is 0 Å². The van der Waals surface area contributed by atoms with Crippen LogP contribution in [0.5, 0.6) is 0 Å². The van der Waals surface area contributed by atoms with Crippen LogP contribution in [0.2, 0.25) is 0 Å². The first-order valence-electron chi connectivity index (χ1n) is 6.22. The molecule has 0 atom stereocenters. The SMILES string of the molecule is O=C1c2cccc([N+](=O)[O-])c2C2=NS(=O)(=O)c3cccc1c32. The molecule has 8 heteroatoms. The first-order chi connectivity index (χ1) is 10.4. The molecule has 108 valence electrons. The van der Waals surface area contributed by atoms with Crippen molar-refractivity contribution in [2.24, 2.45) is 4.40 Å². The first kappa shape index (κ1) is 12.8. The second-order valence-electron chi connectivity index (χ2n) is 4.88. The quantitative estimate of drug-likeness (QED) is 0.501. The molecule has 7 nitrogen and oxygen atoms in total. The number of nitro groups is 1. The number of benzene rings is 2. The fraction of sp³-hybridized carbons (Fsp3) is 0. The molecule has 0 saturated heterocycles. The van der Waals surface area contributed by atoms with Gasteiger partial charge >= 0.3 is 0 Å². The molecule has 1 aliphatic heterocycles. The summed E-state index contributed by atoms with van der Waals surface area (Å²) in [5, 5.41) is 11.2. The molecule has 0 amide bonds. The van der Waals surface area contributed by atoms with E-state index in [-0.39, 0.29) is 38.5 Å². The van der Waals surface area contributed by atoms with E-state index in [2.05, 4.69) is 4.40 Å². The van der Waals surface area contributed by atoms with E-state index in [9.17, 15) is 23.3 Å². The van der Waals surface area contributed by atoms with Crippen molar-refractivity contribution in [3.05, 3.63) is 68.8 Å². The van der Waals surface area contributed by atoms with Gasteiger partial charge in [0.05, 0.1) is 15.4 Å². The molecule has 0 spiro atoms. The summed E-state index contributed by atoms with van der Waals surface area (Å²) in [7, 11) is -3.94. The molecule has 1 aliphatic carbocycles. The van der Waals surface area contributed by atoms with Crippen LogP contribution in [-0.2, 0) is 10.0 Å². The third-order valence-corrected chi connectivity index (χ3v) is 5.04. The number of carbonyl (C=O) groups excluding carboxylic acids is 1. The molecule has 0 radical (unpaired) electrons. The van der Waals surface area contributed by atoms with E-state index < -0.39 is 20.7 Å². The Bertz CT molecular complexity index is 1040. The van der Waals surface area contributed by atoms with Gasteiger partial charge in [-0.3, -0.25) is 14.9 Å². The van der Waals surface area contributed by atoms with Crippen LogP contribution in [0.4, 0.5) is 5.69 Å². The Labute approximate surface area is 124 Å². The summed E-state index contributed by atoms with van der Waals surface area (Å²) in [6.07, 6.45) is 0. The predicted octanol–water partition coefficient (Wildman–Crippen LogP) is 1.68. The van der Waals surface area contributed by atoms with E-state index in [4.69, 9.17) is 0 Å². The number of nitro benzene ring substituents is 1. The second kappa shape index (κ2) is 3.86. The molecule has 22 heavy (non-hydrogen) atoms. The van der Waals surface area contributed by atoms with Crippen molar-refractivity contribution < 1.29 is 18.1 Å². The number of hydrogen-bond donors (Lipinski definition) is 0. The van der Waals surface area contributed by atoms with E-state index in [1.807, 2.05) is 0 Å². The van der Waals surface area contributed by atoms with Crippen molar-refractivity contribution >= 4 is 27.2 Å². The zero-order chi connectivity index (χ0) is 15.6. The lowest BCUT2D eigenvalue weighted by Gasteiger charge is -2.17. The smallest absolute Gasteiger partial charge is 0.283 e. The maximum atomic E-state index is 12.5. The van der Waals surface area contributed by atoms with E-state index in [1.165, 1.54) is 36.4 Å². The average Bonchev–Trinajstić information content (AvgIpc) is 2.77. The van der Waals surface area contributed by atoms with Crippen molar-refractivity contribution in [3.8, 4) is 0 Å². The Hall–Kier alpha value is -2.87. The highest BCUT2D eigenvalue weighted by molar-refractivity contribution is 7.90. The number of rotatable bonds is 1. The highest BCUT2D eigenvalue weighted by Crippen LogP contribution is 2.40. The highest BCUT2D eigenvalue weighted by Gasteiger charge is 2.41. The Morgan fingerprint density at radius 2 is 1.64 bits per heavy atom. The maximum Gasteiger partial charge on any atom is 0.283 e. The summed E-state index contributed by atoms with van der Waals surface area (Å²) in [6.45, 7) is 0. The molecule has 1 heterocycles. The largest absolute Gasteiger partial charge is 0.289 e. The van der Waals surface area contributed by atoms with E-state index in [0.717, 1.165) is 0 Å². The highest BCUT2D eigenvalue weighted by atomic mass is 32.2. The monoisotopic (exact) mass is 314 g/mol. The van der Waals surface area contributed by atoms with Gasteiger partial charge in [-0.05, 0) is 12.1 Å². The van der Waals surface area contributed by atoms with Gasteiger partial charge in [0.25, 0.3) is 15.7 Å². The van der Waals surface area contributed by atoms with Crippen LogP contribution in [0.25, 0.3) is 0 Å². The van der Waals surface area contributed by atoms with Crippen LogP contribution in [0.3, 0.4) is 0 Å². The molecule has 0 N–H and O–H groups in total. The first-order valence-corrected chi connectivity index (χ1v) is 7.66. The van der Waals surface area contributed by atoms with Gasteiger partial charge < -0.3 is 0 Å². The van der Waals surface area contributed by atoms with Gasteiger partial charge in [0, 0.05) is 22.8 Å². The average molecular weight is 314 g/mol. The molecule has 0 unspecified atom stereocenters. The third kappa shape index (κ3) is 1.41. The molecular formula is C14H6N2O5S. The summed E-state index contributed by atoms with van der Waals surface area (Å²) in [4.78, 5) is 23.0. The molecule has 2 aromatic rings. The van der Waals surface area contributed by atoms with Gasteiger partial charge in [-0.25, -0.2) is 0 Å². The molecule has 0 fully saturated rings. The summed E-state index contributed by atoms with van der Waals surface area (Å²) in [5.74, 6) is -0.438. The van der Waals surface area contributed by atoms with Crippen molar-refractivity contribution in [2.75, 3.05) is 0 Å². The summed E-state index contributed by atoms with van der Waals surface area (Å²) < 4.78 is 27.9. The minimum atomic E-state index is -3.94. The molecule has 4 rings (SSSR count). The van der Waals surface area contributed by atoms with Gasteiger partial charge in [0.1, 0.15) is 5.71 Å². The lowest BCUT2D eigenvalue weighted by Crippen LogP contribution is -2.21. The van der Waals surface area contributed by atoms with Crippen LogP contribution in [0.1, 0.15) is 27.0 Å². The van der Waals surface area contributed by atoms with Gasteiger partial charge in [-0.2, -0.15) is 12.8 Å². The van der Waals surface area contributed by atoms with Crippen LogP contribution < -0.4 is 0 Å². The number of ketones is 1. The molecule has 0 saturated carbocycles. The van der Waals surface area contributed by atoms with Crippen molar-refractivity contribution in [1.82, 2.24) is 0 Å². The summed E-state index contributed by atoms with van der Waals surface area (Å²) in [6, 6.07) is 8.37. The number of fused-ring (bicyclic) bond motifs is 2. The van der Waals surface area contributed by atoms with Gasteiger partial charge in [0.15, 0.2) is 5.78 Å². The van der Waals surface area contributed by atoms with E-state index >= 15 is 0 Å². The minimum absolute atomic E-state index is 0.0208. The maximum absolute atomic E-state index is 12.5. The Kier molecular flexibility index (Phi) is 2.25. The van der Waals surface area contributed by atoms with Gasteiger partial charge in [-0.1, -0.05) is 18.2 Å². The number of hydrogen-bond acceptors (Lipinski definition) is 5. The minimum Gasteiger partial charge on any atom is -0.289 e. The number of nitrogens with zero attached hydrogens (tertiary/aromatic N) is 2. The lowest BCUT2D eigenvalue weighted by atomic mass is 9.83. The Balaban J connectivity index is 2.21. The van der Waals surface area contributed by atoms with E-state index in [0.29, 0.717) is 0 Å². The number of sulfonamides is 1. The van der Waals surface area contributed by atoms with Crippen molar-refractivity contribution in [1.29, 1.82) is 0 Å². The van der Waals surface area contributed by atoms with Crippen molar-refractivity contribution in [2.45, 2.75) is 4.90 Å². The Morgan fingerprint density at radius 3 is 2.32 bits per heavy atom. The van der Waals surface area contributed by atoms with Crippen LogP contribution in [-0.4, -0.2) is 24.8 Å². The fourth-order valence-corrected chi connectivity index (χ4v) is 4.08. The van der Waals surface area contributed by atoms with Crippen LogP contribution in [0, 0.1) is 10.1 Å². The van der Waals surface area contributed by atoms with Gasteiger partial charge in [-0.15, -0.1) is 0 Å². The topological polar surface area (TPSA) is 107 Å². The lowest BCUT2D eigenvalue weighted by molar-refractivity contribution is -0.385. The fourth-order valence-electron chi connectivity index (χ4n) is 2.84. The van der Waals surface area contributed by atoms with Crippen LogP contribution >= 0.6 is 0 Å². The number of carbonyl (C=O) groups is 1. The third-order valence-electron chi connectivity index (χ3n) is 3.72. The predicted molar refractivity (Wildman–Crippen MR) is 75.8 cm³/mol. The summed E-state index contributed by atoms with van der Waals surface area (Å²) >= 11 is 0. The molecule has 2 aromatic carbocycles. The molecular weight excluding hydrogens is 308 g/mol. The summed E-state index contributed by atoms with van der Waals surface area (Å²) in [5.41, 5.74) is 0.0718. The van der Waals surface area contributed by atoms with Crippen molar-refractivity contribution in [3.63, 3.8) is 0 Å². The Morgan fingerprint density at radius 1 is 1.00 bits per heavy atom. The zero-order valence-electron chi connectivity index (χ0n) is 10.8. The standard InChI is InChI=1S/C14H6N2O5S/c17-14-7-3-1-5-9(16(18)19)11(7)13-12-8(14)4-2-6-10(12)22(20,21)15-13/h1-6H. The molecule has 0 aromatic heterocycles. The molecule has 0 bridgehead atoms. The molecule has 2 aliphatic rings. The zero-order valence-corrected chi connectivity index (χ0v) is 11.6. The normalized spacial score (nSPS) is 16.7. The van der Waals surface area contributed by atoms with E-state index in [1.54, 1.807) is 0 Å². The second-order valence-corrected chi connectivity index (χ2v) is 6.45.